The van der Waals surface area contributed by atoms with E-state index < -0.39 is 35.2 Å². The zero-order chi connectivity index (χ0) is 48.8. The molecule has 372 valence electrons. The highest BCUT2D eigenvalue weighted by Gasteiger charge is 2.32. The first-order valence-corrected chi connectivity index (χ1v) is 21.9. The van der Waals surface area contributed by atoms with E-state index in [1.807, 2.05) is 0 Å². The molecule has 0 atom stereocenters. The number of hydroxylamine groups is 2. The second kappa shape index (κ2) is 31.5. The van der Waals surface area contributed by atoms with E-state index in [-0.39, 0.29) is 99.6 Å². The quantitative estimate of drug-likeness (QED) is 0.0156. The lowest BCUT2D eigenvalue weighted by Gasteiger charge is -2.12. The van der Waals surface area contributed by atoms with E-state index >= 15 is 0 Å². The van der Waals surface area contributed by atoms with Crippen molar-refractivity contribution in [1.29, 1.82) is 5.41 Å². The number of carbonyl (C=O) groups excluding carboxylic acids is 6. The number of nitrogens with zero attached hydrogens (tertiary/aromatic N) is 2. The van der Waals surface area contributed by atoms with Crippen molar-refractivity contribution in [2.45, 2.75) is 32.1 Å². The van der Waals surface area contributed by atoms with E-state index in [9.17, 15) is 33.6 Å². The van der Waals surface area contributed by atoms with Crippen molar-refractivity contribution >= 4 is 57.9 Å². The van der Waals surface area contributed by atoms with Gasteiger partial charge in [0.1, 0.15) is 22.6 Å². The Morgan fingerprint density at radius 3 is 1.82 bits per heavy atom. The third kappa shape index (κ3) is 20.6. The topological polar surface area (TPSA) is 311 Å². The van der Waals surface area contributed by atoms with Crippen LogP contribution in [0.15, 0.2) is 62.4 Å². The summed E-state index contributed by atoms with van der Waals surface area (Å²) in [5.41, 5.74) is -0.473. The molecule has 2 aromatic rings. The number of carbonyl (C=O) groups is 6. The van der Waals surface area contributed by atoms with Gasteiger partial charge in [-0.3, -0.25) is 29.4 Å². The minimum Gasteiger partial charge on any atom is -0.484 e. The van der Waals surface area contributed by atoms with Crippen LogP contribution in [0, 0.1) is 5.41 Å². The lowest BCUT2D eigenvalue weighted by Crippen LogP contribution is -2.32. The molecule has 0 radical (unpaired) electrons. The second-order valence-electron chi connectivity index (χ2n) is 14.4. The number of amides is 5. The van der Waals surface area contributed by atoms with Gasteiger partial charge in [0.05, 0.1) is 91.4 Å². The third-order valence-electron chi connectivity index (χ3n) is 9.27. The number of oxime groups is 1. The number of allylic oxidation sites excluding steroid dienone is 2. The molecule has 0 spiro atoms. The molecule has 5 amide bonds. The molecule has 1 saturated heterocycles. The summed E-state index contributed by atoms with van der Waals surface area (Å²) in [6.07, 6.45) is 5.22. The Labute approximate surface area is 390 Å². The molecule has 1 aliphatic carbocycles. The van der Waals surface area contributed by atoms with Gasteiger partial charge in [0.2, 0.25) is 0 Å². The number of fused-ring (bicyclic) bond motifs is 1. The summed E-state index contributed by atoms with van der Waals surface area (Å²) in [7, 11) is 0. The van der Waals surface area contributed by atoms with Crippen molar-refractivity contribution in [3.05, 3.63) is 64.1 Å². The molecule has 1 aliphatic heterocycles. The smallest absolute Gasteiger partial charge is 0.349 e. The summed E-state index contributed by atoms with van der Waals surface area (Å²) in [5, 5.41) is 28.5. The second-order valence-corrected chi connectivity index (χ2v) is 14.4. The van der Waals surface area contributed by atoms with Gasteiger partial charge in [-0.05, 0) is 49.3 Å². The van der Waals surface area contributed by atoms with Crippen LogP contribution in [0.1, 0.15) is 42.5 Å². The van der Waals surface area contributed by atoms with Crippen LogP contribution in [0.25, 0.3) is 11.0 Å². The summed E-state index contributed by atoms with van der Waals surface area (Å²) < 4.78 is 48.9. The number of benzene rings is 1. The van der Waals surface area contributed by atoms with Crippen molar-refractivity contribution in [1.82, 2.24) is 21.0 Å². The number of rotatable bonds is 35. The molecule has 4 rings (SSSR count). The van der Waals surface area contributed by atoms with Gasteiger partial charge in [-0.25, -0.2) is 9.59 Å². The maximum atomic E-state index is 12.7. The number of hydrogen-bond acceptors (Lipinski definition) is 20. The van der Waals surface area contributed by atoms with Crippen LogP contribution in [0.5, 0.6) is 5.75 Å². The minimum atomic E-state index is -0.827. The van der Waals surface area contributed by atoms with Gasteiger partial charge < -0.3 is 68.3 Å². The molecule has 24 heteroatoms. The third-order valence-corrected chi connectivity index (χ3v) is 9.27. The van der Waals surface area contributed by atoms with Gasteiger partial charge in [0, 0.05) is 62.7 Å². The SMILES string of the molecule is N=C1C=C(C(=O)NCCCOCCOCCOCCCNC(=O)c2cc3ccc(OCC(=O)NCCOCCOCCOCCOCCC(=O)ON4C(=O)CCC4=O)cc3oc2=O)C=C/C1=N/O. The van der Waals surface area contributed by atoms with Crippen molar-refractivity contribution in [3.8, 4) is 5.75 Å². The fourth-order valence-electron chi connectivity index (χ4n) is 5.78. The van der Waals surface area contributed by atoms with Crippen molar-refractivity contribution < 1.29 is 81.1 Å². The molecular weight excluding hydrogens is 901 g/mol. The highest BCUT2D eigenvalue weighted by Crippen LogP contribution is 2.21. The minimum absolute atomic E-state index is 0.0299. The van der Waals surface area contributed by atoms with Gasteiger partial charge >= 0.3 is 11.6 Å². The zero-order valence-corrected chi connectivity index (χ0v) is 37.6. The summed E-state index contributed by atoms with van der Waals surface area (Å²) in [4.78, 5) is 89.1. The summed E-state index contributed by atoms with van der Waals surface area (Å²) in [6, 6.07) is 6.07. The Hall–Kier alpha value is -6.41. The number of ether oxygens (including phenoxy) is 8. The first-order valence-electron chi connectivity index (χ1n) is 21.9. The first-order chi connectivity index (χ1) is 33.0. The van der Waals surface area contributed by atoms with Crippen LogP contribution in [0.4, 0.5) is 0 Å². The number of nitrogens with one attached hydrogen (secondary N) is 4. The van der Waals surface area contributed by atoms with Crippen LogP contribution >= 0.6 is 0 Å². The summed E-state index contributed by atoms with van der Waals surface area (Å²) in [6.45, 7) is 4.84. The summed E-state index contributed by atoms with van der Waals surface area (Å²) >= 11 is 0. The molecular formula is C44H58N6O18. The molecule has 0 unspecified atom stereocenters. The molecule has 0 bridgehead atoms. The van der Waals surface area contributed by atoms with Crippen molar-refractivity contribution in [2.24, 2.45) is 5.16 Å². The Morgan fingerprint density at radius 1 is 0.676 bits per heavy atom. The average molecular weight is 959 g/mol. The predicted octanol–water partition coefficient (Wildman–Crippen LogP) is 0.374. The zero-order valence-electron chi connectivity index (χ0n) is 37.6. The van der Waals surface area contributed by atoms with Crippen LogP contribution < -0.4 is 26.3 Å². The van der Waals surface area contributed by atoms with Gasteiger partial charge in [-0.2, -0.15) is 0 Å². The lowest BCUT2D eigenvalue weighted by atomic mass is 10.0. The van der Waals surface area contributed by atoms with Gasteiger partial charge in [-0.15, -0.1) is 5.06 Å². The maximum Gasteiger partial charge on any atom is 0.349 e. The molecule has 2 heterocycles. The normalized spacial score (nSPS) is 14.1. The van der Waals surface area contributed by atoms with E-state index in [4.69, 9.17) is 57.8 Å². The van der Waals surface area contributed by atoms with Crippen molar-refractivity contribution in [3.63, 3.8) is 0 Å². The number of imide groups is 1. The first kappa shape index (κ1) is 54.2. The van der Waals surface area contributed by atoms with Gasteiger partial charge in [0.15, 0.2) is 6.61 Å². The monoisotopic (exact) mass is 958 g/mol. The molecule has 0 saturated carbocycles. The lowest BCUT2D eigenvalue weighted by molar-refractivity contribution is -0.198. The van der Waals surface area contributed by atoms with E-state index in [2.05, 4.69) is 21.1 Å². The van der Waals surface area contributed by atoms with E-state index in [0.717, 1.165) is 0 Å². The van der Waals surface area contributed by atoms with Crippen LogP contribution in [-0.4, -0.2) is 176 Å². The molecule has 1 aromatic heterocycles. The average Bonchev–Trinajstić information content (AvgIpc) is 3.64. The Kier molecular flexibility index (Phi) is 25.1. The Morgan fingerprint density at radius 2 is 1.24 bits per heavy atom. The maximum absolute atomic E-state index is 12.7. The molecule has 68 heavy (non-hydrogen) atoms. The van der Waals surface area contributed by atoms with E-state index in [0.29, 0.717) is 101 Å². The Balaban J connectivity index is 0.919. The molecule has 5 N–H and O–H groups in total. The summed E-state index contributed by atoms with van der Waals surface area (Å²) in [5.74, 6) is -2.84. The van der Waals surface area contributed by atoms with Crippen LogP contribution in [-0.2, 0) is 62.0 Å². The fraction of sp³-hybridized carbons (Fsp3) is 0.523. The standard InChI is InChI=1S/C44H58N6O18/c45-35-28-32(4-6-36(35)49-58)42(55)47-10-1-13-59-17-21-63-22-18-60-14-2-11-48-43(56)34-27-31-3-5-33(29-37(31)67-44(34)57)66-30-38(51)46-12-16-62-20-24-65-26-25-64-23-19-61-15-9-41(54)68-50-39(52)7-8-40(50)53/h3-6,27-29,45,58H,1-2,7-26,30H2,(H,46,51)(H,47,55)(H,48,56)/b45-35?,49-36-. The predicted molar refractivity (Wildman–Crippen MR) is 237 cm³/mol. The van der Waals surface area contributed by atoms with Crippen LogP contribution in [0.2, 0.25) is 0 Å². The molecule has 1 fully saturated rings. The van der Waals surface area contributed by atoms with Crippen LogP contribution in [0.3, 0.4) is 0 Å². The largest absolute Gasteiger partial charge is 0.484 e. The highest BCUT2D eigenvalue weighted by atomic mass is 16.7. The highest BCUT2D eigenvalue weighted by molar-refractivity contribution is 6.50. The van der Waals surface area contributed by atoms with Gasteiger partial charge in [0.25, 0.3) is 29.5 Å². The van der Waals surface area contributed by atoms with E-state index in [1.165, 1.54) is 30.4 Å². The Bertz CT molecular complexity index is 2140. The fourth-order valence-corrected chi connectivity index (χ4v) is 5.78. The van der Waals surface area contributed by atoms with Gasteiger partial charge in [-0.1, -0.05) is 5.16 Å². The van der Waals surface area contributed by atoms with Crippen molar-refractivity contribution in [2.75, 3.05) is 119 Å². The number of hydrogen-bond donors (Lipinski definition) is 5. The molecule has 2 aliphatic rings. The molecule has 24 nitrogen and oxygen atoms in total. The van der Waals surface area contributed by atoms with E-state index in [1.54, 1.807) is 12.1 Å². The molecule has 1 aromatic carbocycles.